The van der Waals surface area contributed by atoms with Crippen LogP contribution >= 0.6 is 12.2 Å². The summed E-state index contributed by atoms with van der Waals surface area (Å²) < 4.78 is 5.09. The Morgan fingerprint density at radius 1 is 1.54 bits per heavy atom. The minimum atomic E-state index is 0.597. The van der Waals surface area contributed by atoms with Crippen LogP contribution < -0.4 is 4.74 Å². The maximum Gasteiger partial charge on any atom is 0.119 e. The molecule has 0 fully saturated rings. The topological polar surface area (TPSA) is 21.6 Å². The van der Waals surface area contributed by atoms with Gasteiger partial charge >= 0.3 is 0 Å². The number of hydrogen-bond donors (Lipinski definition) is 0. The average molecular weight is 193 g/mol. The Morgan fingerprint density at radius 3 is 2.85 bits per heavy atom. The molecule has 0 aliphatic rings. The maximum atomic E-state index is 5.09. The molecule has 0 amide bonds. The molecule has 0 N–H and O–H groups in total. The summed E-state index contributed by atoms with van der Waals surface area (Å²) in [6.07, 6.45) is 0. The summed E-state index contributed by atoms with van der Waals surface area (Å²) in [6.45, 7) is 2.62. The van der Waals surface area contributed by atoms with Gasteiger partial charge in [0.05, 0.1) is 18.8 Å². The van der Waals surface area contributed by atoms with Crippen molar-refractivity contribution in [3.8, 4) is 5.75 Å². The Hall–Kier alpha value is -1.18. The van der Waals surface area contributed by atoms with Crippen molar-refractivity contribution in [2.45, 2.75) is 13.5 Å². The molecule has 1 rings (SSSR count). The van der Waals surface area contributed by atoms with Gasteiger partial charge < -0.3 is 4.74 Å². The second kappa shape index (κ2) is 4.75. The van der Waals surface area contributed by atoms with Crippen LogP contribution in [0.15, 0.2) is 23.2 Å². The number of aryl methyl sites for hydroxylation is 1. The molecule has 3 heteroatoms. The molecule has 0 aromatic heterocycles. The van der Waals surface area contributed by atoms with Gasteiger partial charge in [0.15, 0.2) is 0 Å². The van der Waals surface area contributed by atoms with Crippen molar-refractivity contribution in [2.75, 3.05) is 7.11 Å². The average Bonchev–Trinajstić information content (AvgIpc) is 2.16. The fourth-order valence-electron chi connectivity index (χ4n) is 1.09. The number of rotatable bonds is 3. The van der Waals surface area contributed by atoms with Crippen molar-refractivity contribution in [3.05, 3.63) is 29.3 Å². The summed E-state index contributed by atoms with van der Waals surface area (Å²) in [5.41, 5.74) is 2.31. The summed E-state index contributed by atoms with van der Waals surface area (Å²) in [6, 6.07) is 5.89. The molecular formula is C10H11NOS. The number of isothiocyanates is 1. The number of thiocarbonyl (C=S) groups is 1. The Kier molecular flexibility index (Phi) is 3.62. The molecule has 0 aliphatic carbocycles. The molecule has 0 unspecified atom stereocenters. The SMILES string of the molecule is COc1ccc(CN=C=S)c(C)c1. The number of ether oxygens (including phenoxy) is 1. The third-order valence-corrected chi connectivity index (χ3v) is 1.99. The van der Waals surface area contributed by atoms with Gasteiger partial charge in [-0.25, -0.2) is 4.99 Å². The fourth-order valence-corrected chi connectivity index (χ4v) is 1.15. The molecule has 0 atom stereocenters. The van der Waals surface area contributed by atoms with Crippen molar-refractivity contribution in [3.63, 3.8) is 0 Å². The highest BCUT2D eigenvalue weighted by Crippen LogP contribution is 2.17. The first-order valence-corrected chi connectivity index (χ1v) is 4.36. The molecule has 0 bridgehead atoms. The molecule has 0 radical (unpaired) electrons. The van der Waals surface area contributed by atoms with Crippen LogP contribution in [0.2, 0.25) is 0 Å². The van der Waals surface area contributed by atoms with E-state index in [1.165, 1.54) is 0 Å². The number of methoxy groups -OCH3 is 1. The van der Waals surface area contributed by atoms with Gasteiger partial charge in [0, 0.05) is 0 Å². The molecule has 0 heterocycles. The van der Waals surface area contributed by atoms with E-state index in [9.17, 15) is 0 Å². The highest BCUT2D eigenvalue weighted by molar-refractivity contribution is 7.78. The van der Waals surface area contributed by atoms with Gasteiger partial charge in [-0.1, -0.05) is 6.07 Å². The zero-order valence-electron chi connectivity index (χ0n) is 7.70. The van der Waals surface area contributed by atoms with Crippen molar-refractivity contribution in [1.29, 1.82) is 0 Å². The largest absolute Gasteiger partial charge is 0.497 e. The Morgan fingerprint density at radius 2 is 2.31 bits per heavy atom. The van der Waals surface area contributed by atoms with E-state index in [0.717, 1.165) is 16.9 Å². The van der Waals surface area contributed by atoms with E-state index >= 15 is 0 Å². The first-order chi connectivity index (χ1) is 6.27. The Balaban J connectivity index is 2.91. The lowest BCUT2D eigenvalue weighted by Crippen LogP contribution is -1.89. The van der Waals surface area contributed by atoms with Crippen LogP contribution in [0.1, 0.15) is 11.1 Å². The Bertz CT molecular complexity index is 343. The van der Waals surface area contributed by atoms with Crippen molar-refractivity contribution >= 4 is 17.4 Å². The van der Waals surface area contributed by atoms with E-state index in [2.05, 4.69) is 22.4 Å². The number of hydrogen-bond acceptors (Lipinski definition) is 3. The predicted molar refractivity (Wildman–Crippen MR) is 56.5 cm³/mol. The standard InChI is InChI=1S/C10H11NOS/c1-8-5-10(12-2)4-3-9(8)6-11-7-13/h3-5H,6H2,1-2H3. The molecule has 13 heavy (non-hydrogen) atoms. The fraction of sp³-hybridized carbons (Fsp3) is 0.300. The molecule has 0 saturated heterocycles. The second-order valence-corrected chi connectivity index (χ2v) is 2.88. The lowest BCUT2D eigenvalue weighted by molar-refractivity contribution is 0.414. The Labute approximate surface area is 83.3 Å². The minimum absolute atomic E-state index is 0.597. The summed E-state index contributed by atoms with van der Waals surface area (Å²) in [4.78, 5) is 3.88. The molecule has 0 saturated carbocycles. The quantitative estimate of drug-likeness (QED) is 0.543. The summed E-state index contributed by atoms with van der Waals surface area (Å²) in [7, 11) is 1.66. The van der Waals surface area contributed by atoms with E-state index in [0.29, 0.717) is 6.54 Å². The monoisotopic (exact) mass is 193 g/mol. The zero-order valence-corrected chi connectivity index (χ0v) is 8.52. The molecule has 0 spiro atoms. The molecule has 2 nitrogen and oxygen atoms in total. The highest BCUT2D eigenvalue weighted by Gasteiger charge is 1.98. The van der Waals surface area contributed by atoms with Gasteiger partial charge in [-0.05, 0) is 42.4 Å². The molecule has 68 valence electrons. The van der Waals surface area contributed by atoms with Crippen molar-refractivity contribution in [1.82, 2.24) is 0 Å². The molecule has 1 aromatic rings. The first kappa shape index (κ1) is 9.90. The normalized spacial score (nSPS) is 9.08. The van der Waals surface area contributed by atoms with Gasteiger partial charge in [0.25, 0.3) is 0 Å². The second-order valence-electron chi connectivity index (χ2n) is 2.70. The van der Waals surface area contributed by atoms with Crippen LogP contribution in [0.3, 0.4) is 0 Å². The van der Waals surface area contributed by atoms with Gasteiger partial charge in [0.2, 0.25) is 0 Å². The van der Waals surface area contributed by atoms with Crippen molar-refractivity contribution in [2.24, 2.45) is 4.99 Å². The number of benzene rings is 1. The lowest BCUT2D eigenvalue weighted by Gasteiger charge is -2.04. The van der Waals surface area contributed by atoms with Gasteiger partial charge in [-0.15, -0.1) is 0 Å². The maximum absolute atomic E-state index is 5.09. The van der Waals surface area contributed by atoms with Crippen molar-refractivity contribution < 1.29 is 4.74 Å². The zero-order chi connectivity index (χ0) is 9.68. The molecule has 1 aromatic carbocycles. The first-order valence-electron chi connectivity index (χ1n) is 3.95. The summed E-state index contributed by atoms with van der Waals surface area (Å²) in [5, 5.41) is 2.35. The third kappa shape index (κ3) is 2.65. The van der Waals surface area contributed by atoms with Gasteiger partial charge in [0.1, 0.15) is 5.75 Å². The molecule has 0 aliphatic heterocycles. The third-order valence-electron chi connectivity index (χ3n) is 1.86. The van der Waals surface area contributed by atoms with Crippen LogP contribution in [0.5, 0.6) is 5.75 Å². The summed E-state index contributed by atoms with van der Waals surface area (Å²) in [5.74, 6) is 0.868. The predicted octanol–water partition coefficient (Wildman–Crippen LogP) is 2.61. The van der Waals surface area contributed by atoms with Crippen LogP contribution in [0.4, 0.5) is 0 Å². The van der Waals surface area contributed by atoms with Crippen LogP contribution in [-0.4, -0.2) is 12.3 Å². The van der Waals surface area contributed by atoms with E-state index in [4.69, 9.17) is 4.74 Å². The van der Waals surface area contributed by atoms with Gasteiger partial charge in [-0.3, -0.25) is 0 Å². The number of nitrogens with zero attached hydrogens (tertiary/aromatic N) is 1. The van der Waals surface area contributed by atoms with Crippen LogP contribution in [-0.2, 0) is 6.54 Å². The lowest BCUT2D eigenvalue weighted by atomic mass is 10.1. The molecular weight excluding hydrogens is 182 g/mol. The van der Waals surface area contributed by atoms with E-state index in [1.807, 2.05) is 25.1 Å². The smallest absolute Gasteiger partial charge is 0.119 e. The number of aliphatic imine (C=N–C) groups is 1. The minimum Gasteiger partial charge on any atom is -0.497 e. The van der Waals surface area contributed by atoms with Crippen LogP contribution in [0.25, 0.3) is 0 Å². The van der Waals surface area contributed by atoms with Gasteiger partial charge in [-0.2, -0.15) is 0 Å². The van der Waals surface area contributed by atoms with E-state index in [1.54, 1.807) is 7.11 Å². The van der Waals surface area contributed by atoms with E-state index < -0.39 is 0 Å². The highest BCUT2D eigenvalue weighted by atomic mass is 32.1. The van der Waals surface area contributed by atoms with Crippen LogP contribution in [0, 0.1) is 6.92 Å². The van der Waals surface area contributed by atoms with E-state index in [-0.39, 0.29) is 0 Å². The summed E-state index contributed by atoms with van der Waals surface area (Å²) >= 11 is 4.50.